The number of hydrogen-bond acceptors (Lipinski definition) is 3. The number of carbonyl (C=O) groups is 1. The van der Waals surface area contributed by atoms with E-state index in [0.29, 0.717) is 23.2 Å². The Hall–Kier alpha value is -2.08. The molecular formula is C15H17ClN4O2. The summed E-state index contributed by atoms with van der Waals surface area (Å²) in [4.78, 5) is 17.4. The van der Waals surface area contributed by atoms with E-state index in [1.54, 1.807) is 0 Å². The molecule has 1 amide bonds. The van der Waals surface area contributed by atoms with Crippen molar-refractivity contribution >= 4 is 17.7 Å². The number of aromatic amines is 1. The highest BCUT2D eigenvalue weighted by molar-refractivity contribution is 6.31. The van der Waals surface area contributed by atoms with Crippen LogP contribution in [0.3, 0.4) is 0 Å². The first-order chi connectivity index (χ1) is 10.4. The number of nitrogens with one attached hydrogen (secondary N) is 1. The number of nitrogens with zero attached hydrogens (tertiary/aromatic N) is 3. The van der Waals surface area contributed by atoms with E-state index in [2.05, 4.69) is 15.2 Å². The number of hydrogen-bond donors (Lipinski definition) is 2. The molecule has 1 aromatic heterocycles. The van der Waals surface area contributed by atoms with Crippen molar-refractivity contribution in [3.8, 4) is 11.4 Å². The topological polar surface area (TPSA) is 82.1 Å². The van der Waals surface area contributed by atoms with Gasteiger partial charge < -0.3 is 5.11 Å². The van der Waals surface area contributed by atoms with Crippen LogP contribution in [0, 0.1) is 6.92 Å². The van der Waals surface area contributed by atoms with E-state index in [0.717, 1.165) is 24.0 Å². The summed E-state index contributed by atoms with van der Waals surface area (Å²) in [7, 11) is 0. The maximum absolute atomic E-state index is 11.4. The van der Waals surface area contributed by atoms with E-state index in [9.17, 15) is 9.90 Å². The molecule has 0 unspecified atom stereocenters. The number of likely N-dealkylation sites (tertiary alicyclic amines) is 1. The average Bonchev–Trinajstić information content (AvgIpc) is 3.09. The second-order valence-corrected chi connectivity index (χ2v) is 6.14. The van der Waals surface area contributed by atoms with Gasteiger partial charge in [0.05, 0.1) is 0 Å². The van der Waals surface area contributed by atoms with Crippen LogP contribution in [0.5, 0.6) is 0 Å². The van der Waals surface area contributed by atoms with E-state index in [4.69, 9.17) is 11.6 Å². The van der Waals surface area contributed by atoms with Gasteiger partial charge in [0.25, 0.3) is 0 Å². The second-order valence-electron chi connectivity index (χ2n) is 5.73. The first-order valence-corrected chi connectivity index (χ1v) is 7.50. The van der Waals surface area contributed by atoms with E-state index < -0.39 is 11.6 Å². The molecule has 1 saturated heterocycles. The molecule has 116 valence electrons. The molecule has 22 heavy (non-hydrogen) atoms. The predicted molar refractivity (Wildman–Crippen MR) is 82.9 cm³/mol. The third kappa shape index (κ3) is 2.23. The van der Waals surface area contributed by atoms with Crippen LogP contribution in [0.1, 0.15) is 31.2 Å². The van der Waals surface area contributed by atoms with Gasteiger partial charge >= 0.3 is 6.09 Å². The highest BCUT2D eigenvalue weighted by Crippen LogP contribution is 2.37. The molecule has 6 nitrogen and oxygen atoms in total. The number of amides is 1. The Morgan fingerprint density at radius 3 is 3.00 bits per heavy atom. The van der Waals surface area contributed by atoms with E-state index in [1.807, 2.05) is 32.0 Å². The van der Waals surface area contributed by atoms with Crippen molar-refractivity contribution in [2.45, 2.75) is 32.2 Å². The first-order valence-electron chi connectivity index (χ1n) is 7.12. The summed E-state index contributed by atoms with van der Waals surface area (Å²) in [6, 6.07) is 5.57. The largest absolute Gasteiger partial charge is 0.465 e. The molecule has 0 aliphatic carbocycles. The lowest BCUT2D eigenvalue weighted by molar-refractivity contribution is 0.105. The predicted octanol–water partition coefficient (Wildman–Crippen LogP) is 3.42. The van der Waals surface area contributed by atoms with Gasteiger partial charge in [-0.25, -0.2) is 9.78 Å². The molecule has 2 heterocycles. The van der Waals surface area contributed by atoms with Gasteiger partial charge in [-0.3, -0.25) is 10.00 Å². The van der Waals surface area contributed by atoms with Gasteiger partial charge in [0.15, 0.2) is 11.6 Å². The second kappa shape index (κ2) is 5.28. The van der Waals surface area contributed by atoms with Crippen molar-refractivity contribution < 1.29 is 9.90 Å². The van der Waals surface area contributed by atoms with Crippen molar-refractivity contribution in [3.05, 3.63) is 34.6 Å². The number of aromatic nitrogens is 3. The van der Waals surface area contributed by atoms with Gasteiger partial charge in [0.2, 0.25) is 0 Å². The van der Waals surface area contributed by atoms with Crippen LogP contribution in [0.4, 0.5) is 4.79 Å². The number of benzene rings is 1. The Morgan fingerprint density at radius 2 is 2.27 bits per heavy atom. The summed E-state index contributed by atoms with van der Waals surface area (Å²) in [6.45, 7) is 4.30. The Balaban J connectivity index is 2.01. The van der Waals surface area contributed by atoms with Crippen molar-refractivity contribution in [2.24, 2.45) is 0 Å². The Labute approximate surface area is 133 Å². The average molecular weight is 321 g/mol. The van der Waals surface area contributed by atoms with Crippen molar-refractivity contribution in [1.82, 2.24) is 20.1 Å². The first kappa shape index (κ1) is 14.8. The monoisotopic (exact) mass is 320 g/mol. The van der Waals surface area contributed by atoms with E-state index in [1.165, 1.54) is 4.90 Å². The Kier molecular flexibility index (Phi) is 3.56. The van der Waals surface area contributed by atoms with Crippen LogP contribution in [0.2, 0.25) is 5.02 Å². The van der Waals surface area contributed by atoms with Crippen LogP contribution >= 0.6 is 11.6 Å². The van der Waals surface area contributed by atoms with Crippen LogP contribution in [-0.4, -0.2) is 37.8 Å². The minimum Gasteiger partial charge on any atom is -0.465 e. The van der Waals surface area contributed by atoms with Gasteiger partial charge in [0.1, 0.15) is 5.54 Å². The number of rotatable bonds is 2. The molecule has 1 atom stereocenters. The Morgan fingerprint density at radius 1 is 1.50 bits per heavy atom. The molecular weight excluding hydrogens is 304 g/mol. The zero-order chi connectivity index (χ0) is 15.9. The molecule has 1 aliphatic heterocycles. The summed E-state index contributed by atoms with van der Waals surface area (Å²) in [5, 5.41) is 17.2. The van der Waals surface area contributed by atoms with E-state index >= 15 is 0 Å². The summed E-state index contributed by atoms with van der Waals surface area (Å²) < 4.78 is 0. The number of H-pyrrole nitrogens is 1. The molecule has 1 aromatic carbocycles. The lowest BCUT2D eigenvalue weighted by Crippen LogP contribution is -2.42. The highest BCUT2D eigenvalue weighted by atomic mass is 35.5. The van der Waals surface area contributed by atoms with Gasteiger partial charge in [-0.05, 0) is 38.3 Å². The van der Waals surface area contributed by atoms with Crippen molar-refractivity contribution in [3.63, 3.8) is 0 Å². The van der Waals surface area contributed by atoms with Crippen LogP contribution in [0.25, 0.3) is 11.4 Å². The van der Waals surface area contributed by atoms with Gasteiger partial charge in [0, 0.05) is 17.1 Å². The van der Waals surface area contributed by atoms with Gasteiger partial charge in [-0.15, -0.1) is 0 Å². The summed E-state index contributed by atoms with van der Waals surface area (Å²) in [5.41, 5.74) is 1.09. The minimum atomic E-state index is -0.933. The molecule has 2 aromatic rings. The molecule has 1 fully saturated rings. The van der Waals surface area contributed by atoms with E-state index in [-0.39, 0.29) is 0 Å². The number of halogens is 1. The molecule has 0 radical (unpaired) electrons. The smallest absolute Gasteiger partial charge is 0.408 e. The summed E-state index contributed by atoms with van der Waals surface area (Å²) in [5.74, 6) is 1.11. The zero-order valence-corrected chi connectivity index (χ0v) is 13.2. The number of carboxylic acid groups (broad SMARTS) is 1. The lowest BCUT2D eigenvalue weighted by atomic mass is 9.98. The van der Waals surface area contributed by atoms with Crippen molar-refractivity contribution in [2.75, 3.05) is 6.54 Å². The van der Waals surface area contributed by atoms with Crippen molar-refractivity contribution in [1.29, 1.82) is 0 Å². The molecule has 2 N–H and O–H groups in total. The Bertz CT molecular complexity index is 730. The standard InChI is InChI=1S/C15H17ClN4O2/c1-9-10(5-3-6-11(9)16)12-17-13(19-18-12)15(2)7-4-8-20(15)14(21)22/h3,5-6H,4,7-8H2,1-2H3,(H,21,22)(H,17,18,19)/t15-/m0/s1. The zero-order valence-electron chi connectivity index (χ0n) is 12.4. The normalized spacial score (nSPS) is 21.3. The van der Waals surface area contributed by atoms with Gasteiger partial charge in [-0.2, -0.15) is 5.10 Å². The maximum atomic E-state index is 11.4. The molecule has 0 saturated carbocycles. The molecule has 7 heteroatoms. The lowest BCUT2D eigenvalue weighted by Gasteiger charge is -2.30. The van der Waals surface area contributed by atoms with Crippen LogP contribution in [0.15, 0.2) is 18.2 Å². The maximum Gasteiger partial charge on any atom is 0.408 e. The van der Waals surface area contributed by atoms with Crippen LogP contribution < -0.4 is 0 Å². The SMILES string of the molecule is Cc1c(Cl)cccc1-c1n[nH]c([C@]2(C)CCCN2C(=O)O)n1. The third-order valence-corrected chi connectivity index (χ3v) is 4.79. The quantitative estimate of drug-likeness (QED) is 0.888. The molecule has 0 spiro atoms. The molecule has 1 aliphatic rings. The molecule has 0 bridgehead atoms. The molecule has 3 rings (SSSR count). The fraction of sp³-hybridized carbons (Fsp3) is 0.400. The van der Waals surface area contributed by atoms with Crippen LogP contribution in [-0.2, 0) is 5.54 Å². The van der Waals surface area contributed by atoms with Gasteiger partial charge in [-0.1, -0.05) is 23.7 Å². The summed E-state index contributed by atoms with van der Waals surface area (Å²) >= 11 is 6.14. The highest BCUT2D eigenvalue weighted by Gasteiger charge is 2.43. The fourth-order valence-corrected chi connectivity index (χ4v) is 3.16. The minimum absolute atomic E-state index is 0.512. The fourth-order valence-electron chi connectivity index (χ4n) is 2.99. The summed E-state index contributed by atoms with van der Waals surface area (Å²) in [6.07, 6.45) is 0.606. The third-order valence-electron chi connectivity index (χ3n) is 4.38.